The van der Waals surface area contributed by atoms with E-state index in [1.165, 1.54) is 69.4 Å². The number of amides is 1. The molecule has 0 aliphatic carbocycles. The molecule has 0 saturated carbocycles. The minimum atomic E-state index is -4.27. The van der Waals surface area contributed by atoms with Gasteiger partial charge in [0, 0.05) is 13.6 Å². The van der Waals surface area contributed by atoms with Crippen LogP contribution in [-0.2, 0) is 14.9 Å². The average Bonchev–Trinajstić information content (AvgIpc) is 2.49. The molecule has 1 amide bonds. The van der Waals surface area contributed by atoms with Gasteiger partial charge in [-0.3, -0.25) is 4.79 Å². The molecule has 0 aromatic heterocycles. The normalized spacial score (nSPS) is 11.5. The molecule has 0 aliphatic heterocycles. The number of hydrogen-bond donors (Lipinski definition) is 0. The van der Waals surface area contributed by atoms with E-state index in [-0.39, 0.29) is 42.0 Å². The van der Waals surface area contributed by atoms with E-state index in [0.717, 1.165) is 12.8 Å². The Morgan fingerprint density at radius 3 is 2.00 bits per heavy atom. The van der Waals surface area contributed by atoms with Gasteiger partial charge in [-0.25, -0.2) is 8.42 Å². The maximum Gasteiger partial charge on any atom is 1.00 e. The minimum absolute atomic E-state index is 0. The van der Waals surface area contributed by atoms with Gasteiger partial charge < -0.3 is 9.45 Å². The first-order valence-electron chi connectivity index (χ1n) is 8.72. The first kappa shape index (κ1) is 26.4. The molecule has 0 radical (unpaired) electrons. The second-order valence-electron chi connectivity index (χ2n) is 6.04. The summed E-state index contributed by atoms with van der Waals surface area (Å²) in [5.41, 5.74) is 0. The second kappa shape index (κ2) is 16.6. The molecule has 0 aliphatic rings. The number of nitrogens with zero attached hydrogens (tertiary/aromatic N) is 1. The Bertz CT molecular complexity index is 438. The van der Waals surface area contributed by atoms with Crippen molar-refractivity contribution in [3.63, 3.8) is 0 Å². The topological polar surface area (TPSA) is 77.5 Å². The molecule has 0 saturated heterocycles. The van der Waals surface area contributed by atoms with Crippen LogP contribution in [0.1, 0.15) is 71.1 Å². The van der Waals surface area contributed by atoms with Gasteiger partial charge in [0.1, 0.15) is 0 Å². The van der Waals surface area contributed by atoms with E-state index in [1.54, 1.807) is 0 Å². The molecule has 136 valence electrons. The van der Waals surface area contributed by atoms with Crippen LogP contribution < -0.4 is 29.6 Å². The van der Waals surface area contributed by atoms with Gasteiger partial charge >= 0.3 is 29.6 Å². The first-order valence-corrected chi connectivity index (χ1v) is 10.3. The summed E-state index contributed by atoms with van der Waals surface area (Å²) >= 11 is 0. The molecular weight excluding hydrogens is 337 g/mol. The third kappa shape index (κ3) is 18.5. The van der Waals surface area contributed by atoms with Gasteiger partial charge in [0.25, 0.3) is 0 Å². The molecule has 5 nitrogen and oxygen atoms in total. The summed E-state index contributed by atoms with van der Waals surface area (Å²) in [6.07, 6.45) is 15.6. The Balaban J connectivity index is 0. The van der Waals surface area contributed by atoms with Crippen LogP contribution >= 0.6 is 0 Å². The van der Waals surface area contributed by atoms with Crippen LogP contribution in [0.5, 0.6) is 0 Å². The van der Waals surface area contributed by atoms with Crippen LogP contribution in [0.4, 0.5) is 0 Å². The second-order valence-corrected chi connectivity index (χ2v) is 7.56. The fourth-order valence-corrected chi connectivity index (χ4v) is 2.74. The van der Waals surface area contributed by atoms with Crippen molar-refractivity contribution in [2.45, 2.75) is 71.1 Å². The van der Waals surface area contributed by atoms with Gasteiger partial charge in [-0.05, 0) is 18.9 Å². The standard InChI is InChI=1S/C17H33NO4S.Na/c1-3-4-5-6-7-8-9-10-11-12-13-14-17(19)18(2)15-16-23(20,21)22;/h13-14H,3-12,15-16H2,1-2H3,(H,20,21,22);/q;+1/p-1/b14-13+;. The Kier molecular flexibility index (Phi) is 18.2. The fraction of sp³-hybridized carbons (Fsp3) is 0.824. The summed E-state index contributed by atoms with van der Waals surface area (Å²) in [6, 6.07) is 0. The van der Waals surface area contributed by atoms with E-state index in [9.17, 15) is 17.8 Å². The monoisotopic (exact) mass is 369 g/mol. The van der Waals surface area contributed by atoms with Gasteiger partial charge in [0.05, 0.1) is 15.9 Å². The molecule has 0 fully saturated rings. The molecule has 0 spiro atoms. The SMILES string of the molecule is CCCCCCCCCCC/C=C/C(=O)N(C)CCS(=O)(=O)[O-].[Na+]. The molecule has 0 heterocycles. The van der Waals surface area contributed by atoms with Crippen molar-refractivity contribution in [3.8, 4) is 0 Å². The van der Waals surface area contributed by atoms with Crippen LogP contribution in [0, 0.1) is 0 Å². The van der Waals surface area contributed by atoms with Gasteiger partial charge in [-0.2, -0.15) is 0 Å². The van der Waals surface area contributed by atoms with E-state index in [1.807, 2.05) is 6.08 Å². The van der Waals surface area contributed by atoms with Crippen molar-refractivity contribution < 1.29 is 47.3 Å². The van der Waals surface area contributed by atoms with Crippen molar-refractivity contribution in [2.75, 3.05) is 19.3 Å². The number of allylic oxidation sites excluding steroid dienone is 1. The molecule has 0 N–H and O–H groups in total. The van der Waals surface area contributed by atoms with Gasteiger partial charge in [0.15, 0.2) is 0 Å². The first-order chi connectivity index (χ1) is 10.9. The van der Waals surface area contributed by atoms with Gasteiger partial charge in [-0.15, -0.1) is 0 Å². The van der Waals surface area contributed by atoms with Gasteiger partial charge in [0.2, 0.25) is 5.91 Å². The molecule has 0 aromatic carbocycles. The summed E-state index contributed by atoms with van der Waals surface area (Å²) in [5, 5.41) is 0. The van der Waals surface area contributed by atoms with Crippen LogP contribution in [0.3, 0.4) is 0 Å². The average molecular weight is 370 g/mol. The van der Waals surface area contributed by atoms with Crippen LogP contribution in [0.25, 0.3) is 0 Å². The fourth-order valence-electron chi connectivity index (χ4n) is 2.24. The number of hydrogen-bond acceptors (Lipinski definition) is 4. The molecule has 7 heteroatoms. The van der Waals surface area contributed by atoms with Crippen molar-refractivity contribution in [1.82, 2.24) is 4.90 Å². The third-order valence-electron chi connectivity index (χ3n) is 3.79. The van der Waals surface area contributed by atoms with Crippen LogP contribution in [0.2, 0.25) is 0 Å². The Morgan fingerprint density at radius 2 is 1.50 bits per heavy atom. The molecule has 0 unspecified atom stereocenters. The van der Waals surface area contributed by atoms with Crippen molar-refractivity contribution >= 4 is 16.0 Å². The number of rotatable bonds is 14. The zero-order valence-electron chi connectivity index (χ0n) is 15.6. The van der Waals surface area contributed by atoms with Gasteiger partial charge in [-0.1, -0.05) is 64.4 Å². The molecule has 0 rings (SSSR count). The maximum atomic E-state index is 11.7. The van der Waals surface area contributed by atoms with Crippen molar-refractivity contribution in [1.29, 1.82) is 0 Å². The summed E-state index contributed by atoms with van der Waals surface area (Å²) in [6.45, 7) is 2.16. The largest absolute Gasteiger partial charge is 1.00 e. The van der Waals surface area contributed by atoms with Crippen LogP contribution in [0.15, 0.2) is 12.2 Å². The van der Waals surface area contributed by atoms with Crippen molar-refractivity contribution in [2.24, 2.45) is 0 Å². The minimum Gasteiger partial charge on any atom is -0.748 e. The predicted molar refractivity (Wildman–Crippen MR) is 93.2 cm³/mol. The van der Waals surface area contributed by atoms with Crippen LogP contribution in [-0.4, -0.2) is 43.1 Å². The zero-order valence-corrected chi connectivity index (χ0v) is 18.4. The molecule has 0 aromatic rings. The number of unbranched alkanes of at least 4 members (excludes halogenated alkanes) is 9. The zero-order chi connectivity index (χ0) is 17.6. The number of carbonyl (C=O) groups is 1. The third-order valence-corrected chi connectivity index (χ3v) is 4.47. The summed E-state index contributed by atoms with van der Waals surface area (Å²) < 4.78 is 31.5. The van der Waals surface area contributed by atoms with E-state index in [2.05, 4.69) is 6.92 Å². The summed E-state index contributed by atoms with van der Waals surface area (Å²) in [7, 11) is -2.77. The summed E-state index contributed by atoms with van der Waals surface area (Å²) in [4.78, 5) is 12.9. The smallest absolute Gasteiger partial charge is 0.748 e. The number of carbonyl (C=O) groups excluding carboxylic acids is 1. The maximum absolute atomic E-state index is 11.7. The molecule has 0 bridgehead atoms. The van der Waals surface area contributed by atoms with Crippen molar-refractivity contribution in [3.05, 3.63) is 12.2 Å². The van der Waals surface area contributed by atoms with E-state index in [0.29, 0.717) is 0 Å². The molecular formula is C17H32NNaO4S. The van der Waals surface area contributed by atoms with E-state index in [4.69, 9.17) is 0 Å². The molecule has 24 heavy (non-hydrogen) atoms. The summed E-state index contributed by atoms with van der Waals surface area (Å²) in [5.74, 6) is -0.800. The predicted octanol–water partition coefficient (Wildman–Crippen LogP) is 0.471. The quantitative estimate of drug-likeness (QED) is 0.193. The molecule has 0 atom stereocenters. The Labute approximate surface area is 170 Å². The number of likely N-dealkylation sites (N-methyl/N-ethyl adjacent to an activating group) is 1. The van der Waals surface area contributed by atoms with E-state index < -0.39 is 15.9 Å². The Hall–Kier alpha value is 0.120. The van der Waals surface area contributed by atoms with E-state index >= 15 is 0 Å². The Morgan fingerprint density at radius 1 is 1.00 bits per heavy atom.